The second kappa shape index (κ2) is 7.89. The molecule has 0 saturated carbocycles. The highest BCUT2D eigenvalue weighted by molar-refractivity contribution is 6.06. The zero-order valence-electron chi connectivity index (χ0n) is 16.1. The summed E-state index contributed by atoms with van der Waals surface area (Å²) in [5, 5.41) is 9.52. The van der Waals surface area contributed by atoms with Crippen LogP contribution in [0.4, 0.5) is 5.69 Å². The second-order valence-electron chi connectivity index (χ2n) is 7.36. The highest BCUT2D eigenvalue weighted by Crippen LogP contribution is 2.37. The largest absolute Gasteiger partial charge is 0.508 e. The van der Waals surface area contributed by atoms with E-state index in [1.807, 2.05) is 17.9 Å². The summed E-state index contributed by atoms with van der Waals surface area (Å²) >= 11 is 0. The Bertz CT molecular complexity index is 978. The number of rotatable bonds is 4. The van der Waals surface area contributed by atoms with Crippen molar-refractivity contribution in [1.82, 2.24) is 0 Å². The summed E-state index contributed by atoms with van der Waals surface area (Å²) in [7, 11) is 0. The molecule has 1 aliphatic rings. The SMILES string of the molecule is CCN(C(=O)c1ccc(O)cc1)c1ccccc1[C@@H]1CCc2ccccc2C1. The number of phenols is 1. The molecule has 0 bridgehead atoms. The summed E-state index contributed by atoms with van der Waals surface area (Å²) in [5.41, 5.74) is 5.69. The van der Waals surface area contributed by atoms with Crippen LogP contribution in [0.15, 0.2) is 72.8 Å². The van der Waals surface area contributed by atoms with Gasteiger partial charge in [-0.05, 0) is 79.1 Å². The minimum absolute atomic E-state index is 0.0360. The van der Waals surface area contributed by atoms with E-state index in [1.54, 1.807) is 24.3 Å². The van der Waals surface area contributed by atoms with Gasteiger partial charge in [0.1, 0.15) is 5.75 Å². The van der Waals surface area contributed by atoms with Crippen molar-refractivity contribution in [2.45, 2.75) is 32.1 Å². The molecule has 0 aliphatic heterocycles. The molecule has 1 aliphatic carbocycles. The van der Waals surface area contributed by atoms with Gasteiger partial charge in [0.15, 0.2) is 0 Å². The van der Waals surface area contributed by atoms with Gasteiger partial charge in [0, 0.05) is 17.8 Å². The molecule has 3 aromatic carbocycles. The standard InChI is InChI=1S/C25H25NO2/c1-2-26(25(28)19-13-15-22(27)16-14-19)24-10-6-5-9-23(24)21-12-11-18-7-3-4-8-20(18)17-21/h3-10,13-16,21,27H,2,11-12,17H2,1H3/t21-/m1/s1. The topological polar surface area (TPSA) is 40.5 Å². The van der Waals surface area contributed by atoms with Crippen molar-refractivity contribution in [3.05, 3.63) is 95.1 Å². The van der Waals surface area contributed by atoms with Gasteiger partial charge in [-0.25, -0.2) is 0 Å². The number of benzene rings is 3. The molecule has 0 fully saturated rings. The molecule has 142 valence electrons. The molecule has 0 unspecified atom stereocenters. The molecule has 28 heavy (non-hydrogen) atoms. The molecule has 0 aromatic heterocycles. The first kappa shape index (κ1) is 18.3. The van der Waals surface area contributed by atoms with Crippen LogP contribution in [-0.2, 0) is 12.8 Å². The lowest BCUT2D eigenvalue weighted by molar-refractivity contribution is 0.0988. The minimum Gasteiger partial charge on any atom is -0.508 e. The summed E-state index contributed by atoms with van der Waals surface area (Å²) in [6.07, 6.45) is 3.18. The molecule has 0 saturated heterocycles. The Labute approximate surface area is 166 Å². The molecule has 1 amide bonds. The number of aryl methyl sites for hydroxylation is 1. The summed E-state index contributed by atoms with van der Waals surface area (Å²) in [6, 6.07) is 23.4. The predicted molar refractivity (Wildman–Crippen MR) is 113 cm³/mol. The number of phenolic OH excluding ortho intramolecular Hbond substituents is 1. The van der Waals surface area contributed by atoms with Crippen LogP contribution in [0.1, 0.15) is 46.3 Å². The Kier molecular flexibility index (Phi) is 5.16. The van der Waals surface area contributed by atoms with E-state index in [2.05, 4.69) is 42.5 Å². The number of anilines is 1. The molecular weight excluding hydrogens is 346 g/mol. The zero-order chi connectivity index (χ0) is 19.5. The van der Waals surface area contributed by atoms with Crippen molar-refractivity contribution in [2.24, 2.45) is 0 Å². The first-order chi connectivity index (χ1) is 13.7. The van der Waals surface area contributed by atoms with Crippen molar-refractivity contribution in [1.29, 1.82) is 0 Å². The van der Waals surface area contributed by atoms with Crippen LogP contribution < -0.4 is 4.90 Å². The van der Waals surface area contributed by atoms with E-state index < -0.39 is 0 Å². The van der Waals surface area contributed by atoms with E-state index >= 15 is 0 Å². The molecule has 0 spiro atoms. The fourth-order valence-electron chi connectivity index (χ4n) is 4.22. The van der Waals surface area contributed by atoms with Crippen LogP contribution >= 0.6 is 0 Å². The lowest BCUT2D eigenvalue weighted by atomic mass is 9.79. The smallest absolute Gasteiger partial charge is 0.258 e. The summed E-state index contributed by atoms with van der Waals surface area (Å²) in [6.45, 7) is 2.60. The van der Waals surface area contributed by atoms with E-state index in [1.165, 1.54) is 16.7 Å². The summed E-state index contributed by atoms with van der Waals surface area (Å²) in [4.78, 5) is 15.0. The number of carbonyl (C=O) groups excluding carboxylic acids is 1. The monoisotopic (exact) mass is 371 g/mol. The lowest BCUT2D eigenvalue weighted by Gasteiger charge is -2.30. The van der Waals surface area contributed by atoms with Crippen LogP contribution in [0.2, 0.25) is 0 Å². The number of amides is 1. The Morgan fingerprint density at radius 2 is 1.64 bits per heavy atom. The molecule has 1 N–H and O–H groups in total. The second-order valence-corrected chi connectivity index (χ2v) is 7.36. The molecule has 0 radical (unpaired) electrons. The van der Waals surface area contributed by atoms with Crippen LogP contribution in [0.3, 0.4) is 0 Å². The van der Waals surface area contributed by atoms with Crippen LogP contribution in [0.25, 0.3) is 0 Å². The predicted octanol–water partition coefficient (Wildman–Crippen LogP) is 5.33. The minimum atomic E-state index is -0.0360. The molecule has 3 nitrogen and oxygen atoms in total. The van der Waals surface area contributed by atoms with E-state index in [0.717, 1.165) is 24.9 Å². The van der Waals surface area contributed by atoms with Crippen molar-refractivity contribution in [3.8, 4) is 5.75 Å². The van der Waals surface area contributed by atoms with Crippen molar-refractivity contribution in [3.63, 3.8) is 0 Å². The fourth-order valence-corrected chi connectivity index (χ4v) is 4.22. The van der Waals surface area contributed by atoms with Gasteiger partial charge in [0.05, 0.1) is 0 Å². The van der Waals surface area contributed by atoms with Gasteiger partial charge in [0.25, 0.3) is 5.91 Å². The average molecular weight is 371 g/mol. The van der Waals surface area contributed by atoms with Crippen LogP contribution in [0.5, 0.6) is 5.75 Å². The van der Waals surface area contributed by atoms with Gasteiger partial charge in [-0.3, -0.25) is 4.79 Å². The number of aromatic hydroxyl groups is 1. The van der Waals surface area contributed by atoms with Crippen LogP contribution in [-0.4, -0.2) is 17.6 Å². The number of fused-ring (bicyclic) bond motifs is 1. The molecule has 4 rings (SSSR count). The first-order valence-electron chi connectivity index (χ1n) is 9.94. The van der Waals surface area contributed by atoms with E-state index in [9.17, 15) is 9.90 Å². The molecule has 3 heteroatoms. The Morgan fingerprint density at radius 1 is 0.964 bits per heavy atom. The third-order valence-electron chi connectivity index (χ3n) is 5.69. The average Bonchev–Trinajstić information content (AvgIpc) is 2.75. The maximum atomic E-state index is 13.2. The maximum absolute atomic E-state index is 13.2. The Hall–Kier alpha value is -3.07. The summed E-state index contributed by atoms with van der Waals surface area (Å²) < 4.78 is 0. The van der Waals surface area contributed by atoms with Gasteiger partial charge in [-0.1, -0.05) is 42.5 Å². The van der Waals surface area contributed by atoms with Gasteiger partial charge in [-0.2, -0.15) is 0 Å². The lowest BCUT2D eigenvalue weighted by Crippen LogP contribution is -2.32. The van der Waals surface area contributed by atoms with Crippen molar-refractivity contribution >= 4 is 11.6 Å². The van der Waals surface area contributed by atoms with Crippen molar-refractivity contribution < 1.29 is 9.90 Å². The molecule has 3 aromatic rings. The Morgan fingerprint density at radius 3 is 2.39 bits per heavy atom. The first-order valence-corrected chi connectivity index (χ1v) is 9.94. The number of carbonyl (C=O) groups is 1. The van der Waals surface area contributed by atoms with E-state index in [-0.39, 0.29) is 11.7 Å². The fraction of sp³-hybridized carbons (Fsp3) is 0.240. The summed E-state index contributed by atoms with van der Waals surface area (Å²) in [5.74, 6) is 0.541. The number of para-hydroxylation sites is 1. The van der Waals surface area contributed by atoms with Gasteiger partial charge in [-0.15, -0.1) is 0 Å². The van der Waals surface area contributed by atoms with Gasteiger partial charge >= 0.3 is 0 Å². The van der Waals surface area contributed by atoms with E-state index in [4.69, 9.17) is 0 Å². The third-order valence-corrected chi connectivity index (χ3v) is 5.69. The van der Waals surface area contributed by atoms with Crippen LogP contribution in [0, 0.1) is 0 Å². The number of hydrogen-bond acceptors (Lipinski definition) is 2. The van der Waals surface area contributed by atoms with E-state index in [0.29, 0.717) is 18.0 Å². The maximum Gasteiger partial charge on any atom is 0.258 e. The number of nitrogens with zero attached hydrogens (tertiary/aromatic N) is 1. The normalized spacial score (nSPS) is 15.7. The Balaban J connectivity index is 1.67. The highest BCUT2D eigenvalue weighted by Gasteiger charge is 2.25. The molecule has 1 atom stereocenters. The van der Waals surface area contributed by atoms with Crippen molar-refractivity contribution in [2.75, 3.05) is 11.4 Å². The molecule has 0 heterocycles. The zero-order valence-corrected chi connectivity index (χ0v) is 16.1. The van der Waals surface area contributed by atoms with Gasteiger partial charge < -0.3 is 10.0 Å². The molecular formula is C25H25NO2. The van der Waals surface area contributed by atoms with Gasteiger partial charge in [0.2, 0.25) is 0 Å². The quantitative estimate of drug-likeness (QED) is 0.673. The third kappa shape index (κ3) is 3.53. The highest BCUT2D eigenvalue weighted by atomic mass is 16.3. The number of hydrogen-bond donors (Lipinski definition) is 1.